The highest BCUT2D eigenvalue weighted by molar-refractivity contribution is 7.89. The van der Waals surface area contributed by atoms with Crippen molar-refractivity contribution in [3.05, 3.63) is 65.0 Å². The third-order valence-corrected chi connectivity index (χ3v) is 7.48. The van der Waals surface area contributed by atoms with Crippen LogP contribution in [0.4, 0.5) is 0 Å². The third-order valence-electron chi connectivity index (χ3n) is 5.18. The Morgan fingerprint density at radius 3 is 2.42 bits per heavy atom. The van der Waals surface area contributed by atoms with Crippen LogP contribution in [0.5, 0.6) is 0 Å². The first-order valence-corrected chi connectivity index (χ1v) is 12.4. The first-order chi connectivity index (χ1) is 15.7. The normalized spacial score (nSPS) is 11.8. The Hall–Kier alpha value is -2.75. The molecular weight excluding hydrogens is 464 g/mol. The number of carbonyl (C=O) groups is 1. The van der Waals surface area contributed by atoms with Gasteiger partial charge in [0.2, 0.25) is 27.6 Å². The number of aryl methyl sites for hydroxylation is 1. The van der Waals surface area contributed by atoms with Gasteiger partial charge >= 0.3 is 0 Å². The van der Waals surface area contributed by atoms with Crippen LogP contribution in [0.3, 0.4) is 0 Å². The Morgan fingerprint density at radius 1 is 1.12 bits per heavy atom. The lowest BCUT2D eigenvalue weighted by Gasteiger charge is -2.21. The second-order valence-corrected chi connectivity index (χ2v) is 10.3. The molecule has 1 amide bonds. The summed E-state index contributed by atoms with van der Waals surface area (Å²) in [5, 5.41) is 7.43. The summed E-state index contributed by atoms with van der Waals surface area (Å²) in [4.78, 5) is 16.7. The molecule has 0 aliphatic carbocycles. The van der Waals surface area contributed by atoms with Gasteiger partial charge in [-0.15, -0.1) is 0 Å². The van der Waals surface area contributed by atoms with Crippen LogP contribution in [0, 0.1) is 0 Å². The number of nitrogens with one attached hydrogen (secondary N) is 1. The molecule has 2 aromatic carbocycles. The zero-order valence-corrected chi connectivity index (χ0v) is 20.4. The van der Waals surface area contributed by atoms with Crippen molar-refractivity contribution in [2.75, 3.05) is 7.05 Å². The molecule has 33 heavy (non-hydrogen) atoms. The Balaban J connectivity index is 1.44. The molecule has 0 fully saturated rings. The minimum atomic E-state index is -3.52. The maximum absolute atomic E-state index is 12.5. The Bertz CT molecular complexity index is 1180. The molecule has 0 bridgehead atoms. The first kappa shape index (κ1) is 24.9. The second-order valence-electron chi connectivity index (χ2n) is 7.91. The van der Waals surface area contributed by atoms with E-state index >= 15 is 0 Å². The summed E-state index contributed by atoms with van der Waals surface area (Å²) in [5.41, 5.74) is 1.63. The van der Waals surface area contributed by atoms with Crippen LogP contribution in [0.25, 0.3) is 11.4 Å². The predicted octanol–water partition coefficient (Wildman–Crippen LogP) is 4.06. The lowest BCUT2D eigenvalue weighted by atomic mass is 10.2. The standard InChI is InChI=1S/C23H27ClN4O4S/c1-16(2)28(3)33(30,31)20-13-7-17(8-14-20)15-25-21(29)5-4-6-22-26-23(27-32-22)18-9-11-19(24)12-10-18/h7-14,16H,4-6,15H2,1-3H3,(H,25,29). The van der Waals surface area contributed by atoms with Crippen molar-refractivity contribution in [3.8, 4) is 11.4 Å². The van der Waals surface area contributed by atoms with Gasteiger partial charge in [0, 0.05) is 43.1 Å². The molecular formula is C23H27ClN4O4S. The molecule has 0 aliphatic rings. The van der Waals surface area contributed by atoms with E-state index < -0.39 is 10.0 Å². The largest absolute Gasteiger partial charge is 0.352 e. The van der Waals surface area contributed by atoms with Crippen LogP contribution in [0.2, 0.25) is 5.02 Å². The van der Waals surface area contributed by atoms with Crippen molar-refractivity contribution in [3.63, 3.8) is 0 Å². The SMILES string of the molecule is CC(C)N(C)S(=O)(=O)c1ccc(CNC(=O)CCCc2nc(-c3ccc(Cl)cc3)no2)cc1. The van der Waals surface area contributed by atoms with Gasteiger partial charge in [0.25, 0.3) is 0 Å². The lowest BCUT2D eigenvalue weighted by molar-refractivity contribution is -0.121. The molecule has 0 aliphatic heterocycles. The monoisotopic (exact) mass is 490 g/mol. The van der Waals surface area contributed by atoms with Gasteiger partial charge < -0.3 is 9.84 Å². The fraction of sp³-hybridized carbons (Fsp3) is 0.348. The maximum atomic E-state index is 12.5. The van der Waals surface area contributed by atoms with Gasteiger partial charge in [0.15, 0.2) is 0 Å². The molecule has 0 radical (unpaired) electrons. The molecule has 0 spiro atoms. The topological polar surface area (TPSA) is 105 Å². The fourth-order valence-corrected chi connectivity index (χ4v) is 4.48. The van der Waals surface area contributed by atoms with Gasteiger partial charge in [-0.3, -0.25) is 4.79 Å². The summed E-state index contributed by atoms with van der Waals surface area (Å²) in [7, 11) is -1.97. The zero-order valence-electron chi connectivity index (χ0n) is 18.8. The lowest BCUT2D eigenvalue weighted by Crippen LogP contribution is -2.33. The quantitative estimate of drug-likeness (QED) is 0.459. The third kappa shape index (κ3) is 6.63. The molecule has 3 rings (SSSR count). The highest BCUT2D eigenvalue weighted by Gasteiger charge is 2.22. The van der Waals surface area contributed by atoms with Crippen molar-refractivity contribution in [2.24, 2.45) is 0 Å². The van der Waals surface area contributed by atoms with Crippen LogP contribution >= 0.6 is 11.6 Å². The van der Waals surface area contributed by atoms with Crippen molar-refractivity contribution in [2.45, 2.75) is 50.6 Å². The number of rotatable bonds is 10. The van der Waals surface area contributed by atoms with Gasteiger partial charge in [-0.1, -0.05) is 28.9 Å². The van der Waals surface area contributed by atoms with Crippen molar-refractivity contribution < 1.29 is 17.7 Å². The number of sulfonamides is 1. The molecule has 0 saturated heterocycles. The van der Waals surface area contributed by atoms with E-state index in [4.69, 9.17) is 16.1 Å². The average molecular weight is 491 g/mol. The van der Waals surface area contributed by atoms with Gasteiger partial charge in [-0.25, -0.2) is 8.42 Å². The number of halogens is 1. The molecule has 0 saturated carbocycles. The molecule has 3 aromatic rings. The molecule has 1 N–H and O–H groups in total. The summed E-state index contributed by atoms with van der Waals surface area (Å²) in [6, 6.07) is 13.5. The smallest absolute Gasteiger partial charge is 0.243 e. The number of amides is 1. The first-order valence-electron chi connectivity index (χ1n) is 10.6. The van der Waals surface area contributed by atoms with Crippen molar-refractivity contribution >= 4 is 27.5 Å². The highest BCUT2D eigenvalue weighted by atomic mass is 35.5. The maximum Gasteiger partial charge on any atom is 0.243 e. The Labute approximate surface area is 199 Å². The van der Waals surface area contributed by atoms with Crippen LogP contribution in [0.15, 0.2) is 57.9 Å². The number of aromatic nitrogens is 2. The van der Waals surface area contributed by atoms with E-state index in [1.54, 1.807) is 43.4 Å². The summed E-state index contributed by atoms with van der Waals surface area (Å²) in [6.45, 7) is 3.96. The van der Waals surface area contributed by atoms with E-state index in [2.05, 4.69) is 15.5 Å². The van der Waals surface area contributed by atoms with Gasteiger partial charge in [0.05, 0.1) is 4.90 Å². The molecule has 10 heteroatoms. The summed E-state index contributed by atoms with van der Waals surface area (Å²) >= 11 is 5.89. The number of benzene rings is 2. The Morgan fingerprint density at radius 2 is 1.79 bits per heavy atom. The van der Waals surface area contributed by atoms with Crippen molar-refractivity contribution in [1.82, 2.24) is 19.8 Å². The minimum Gasteiger partial charge on any atom is -0.352 e. The van der Waals surface area contributed by atoms with Crippen LogP contribution in [0.1, 0.15) is 38.1 Å². The van der Waals surface area contributed by atoms with Crippen molar-refractivity contribution in [1.29, 1.82) is 0 Å². The number of hydrogen-bond acceptors (Lipinski definition) is 6. The molecule has 8 nitrogen and oxygen atoms in total. The van der Waals surface area contributed by atoms with Crippen LogP contribution in [-0.2, 0) is 27.8 Å². The summed E-state index contributed by atoms with van der Waals surface area (Å²) in [5.74, 6) is 0.843. The Kier molecular flexibility index (Phi) is 8.23. The number of nitrogens with zero attached hydrogens (tertiary/aromatic N) is 3. The summed E-state index contributed by atoms with van der Waals surface area (Å²) in [6.07, 6.45) is 1.36. The molecule has 0 atom stereocenters. The minimum absolute atomic E-state index is 0.108. The van der Waals surface area contributed by atoms with E-state index in [0.29, 0.717) is 42.5 Å². The van der Waals surface area contributed by atoms with Gasteiger partial charge in [0.1, 0.15) is 0 Å². The van der Waals surface area contributed by atoms with Crippen LogP contribution < -0.4 is 5.32 Å². The van der Waals surface area contributed by atoms with E-state index in [0.717, 1.165) is 11.1 Å². The number of carbonyl (C=O) groups excluding carboxylic acids is 1. The van der Waals surface area contributed by atoms with E-state index in [9.17, 15) is 13.2 Å². The van der Waals surface area contributed by atoms with E-state index in [1.165, 1.54) is 4.31 Å². The molecule has 1 heterocycles. The molecule has 1 aromatic heterocycles. The highest BCUT2D eigenvalue weighted by Crippen LogP contribution is 2.19. The van der Waals surface area contributed by atoms with Gasteiger partial charge in [-0.2, -0.15) is 9.29 Å². The van der Waals surface area contributed by atoms with Gasteiger partial charge in [-0.05, 0) is 62.2 Å². The zero-order chi connectivity index (χ0) is 24.0. The average Bonchev–Trinajstić information content (AvgIpc) is 3.26. The molecule has 0 unspecified atom stereocenters. The number of hydrogen-bond donors (Lipinski definition) is 1. The van der Waals surface area contributed by atoms with Crippen LogP contribution in [-0.4, -0.2) is 41.9 Å². The predicted molar refractivity (Wildman–Crippen MR) is 126 cm³/mol. The second kappa shape index (κ2) is 10.9. The fourth-order valence-electron chi connectivity index (χ4n) is 2.98. The molecule has 176 valence electrons. The summed E-state index contributed by atoms with van der Waals surface area (Å²) < 4.78 is 31.6. The van der Waals surface area contributed by atoms with E-state index in [-0.39, 0.29) is 16.8 Å². The van der Waals surface area contributed by atoms with E-state index in [1.807, 2.05) is 26.0 Å².